The maximum absolute atomic E-state index is 6.26. The highest BCUT2D eigenvalue weighted by atomic mass is 15.2. The number of fused-ring (bicyclic) bond motifs is 1. The van der Waals surface area contributed by atoms with E-state index in [0.717, 1.165) is 26.2 Å². The first-order chi connectivity index (χ1) is 7.79. The van der Waals surface area contributed by atoms with E-state index in [2.05, 4.69) is 48.3 Å². The van der Waals surface area contributed by atoms with Crippen LogP contribution in [0.3, 0.4) is 0 Å². The summed E-state index contributed by atoms with van der Waals surface area (Å²) in [5.41, 5.74) is 6.19. The van der Waals surface area contributed by atoms with E-state index in [1.54, 1.807) is 0 Å². The lowest BCUT2D eigenvalue weighted by Gasteiger charge is -2.43. The predicted octanol–water partition coefficient (Wildman–Crippen LogP) is 1.46. The van der Waals surface area contributed by atoms with Crippen LogP contribution < -0.4 is 5.73 Å². The fourth-order valence-corrected chi connectivity index (χ4v) is 2.12. The molecular weight excluding hydrogens is 212 g/mol. The highest BCUT2D eigenvalue weighted by Crippen LogP contribution is 2.30. The number of hydrogen-bond acceptors (Lipinski definition) is 3. The highest BCUT2D eigenvalue weighted by molar-refractivity contribution is 4.98. The van der Waals surface area contributed by atoms with Crippen molar-refractivity contribution in [3.63, 3.8) is 0 Å². The van der Waals surface area contributed by atoms with Crippen LogP contribution in [0.4, 0.5) is 0 Å². The third kappa shape index (κ3) is 2.53. The minimum Gasteiger partial charge on any atom is -0.333 e. The summed E-state index contributed by atoms with van der Waals surface area (Å²) in [7, 11) is 0. The van der Waals surface area contributed by atoms with E-state index in [1.165, 1.54) is 5.82 Å². The second-order valence-electron chi connectivity index (χ2n) is 6.35. The summed E-state index contributed by atoms with van der Waals surface area (Å²) in [6.07, 6.45) is 3.95. The first-order valence-electron chi connectivity index (χ1n) is 6.31. The van der Waals surface area contributed by atoms with Crippen molar-refractivity contribution in [3.05, 3.63) is 18.2 Å². The van der Waals surface area contributed by atoms with E-state index in [1.807, 2.05) is 6.20 Å². The number of rotatable bonds is 3. The average Bonchev–Trinajstić information content (AvgIpc) is 2.62. The molecule has 0 fully saturated rings. The highest BCUT2D eigenvalue weighted by Gasteiger charge is 2.35. The SMILES string of the molecule is CC(C)(N)C(C)(C)CN1CCn2ccnc2C1. The summed E-state index contributed by atoms with van der Waals surface area (Å²) < 4.78 is 2.23. The Morgan fingerprint density at radius 2 is 2.00 bits per heavy atom. The molecule has 96 valence electrons. The van der Waals surface area contributed by atoms with Crippen molar-refractivity contribution in [2.24, 2.45) is 11.1 Å². The number of imidazole rings is 1. The summed E-state index contributed by atoms with van der Waals surface area (Å²) in [5.74, 6) is 1.17. The molecule has 1 aromatic heterocycles. The molecule has 1 aliphatic rings. The van der Waals surface area contributed by atoms with Crippen LogP contribution in [0.25, 0.3) is 0 Å². The largest absolute Gasteiger partial charge is 0.333 e. The van der Waals surface area contributed by atoms with Crippen molar-refractivity contribution >= 4 is 0 Å². The molecule has 17 heavy (non-hydrogen) atoms. The molecule has 0 amide bonds. The Labute approximate surface area is 104 Å². The summed E-state index contributed by atoms with van der Waals surface area (Å²) in [6, 6.07) is 0. The van der Waals surface area contributed by atoms with Crippen LogP contribution in [-0.4, -0.2) is 33.1 Å². The molecule has 0 atom stereocenters. The lowest BCUT2D eigenvalue weighted by atomic mass is 9.75. The molecule has 1 aromatic rings. The first kappa shape index (κ1) is 12.6. The number of nitrogens with zero attached hydrogens (tertiary/aromatic N) is 3. The molecule has 0 saturated heterocycles. The average molecular weight is 236 g/mol. The van der Waals surface area contributed by atoms with E-state index in [0.29, 0.717) is 0 Å². The Hall–Kier alpha value is -0.870. The Morgan fingerprint density at radius 1 is 1.29 bits per heavy atom. The fourth-order valence-electron chi connectivity index (χ4n) is 2.12. The predicted molar refractivity (Wildman–Crippen MR) is 69.6 cm³/mol. The molecule has 0 unspecified atom stereocenters. The second kappa shape index (κ2) is 4.10. The molecule has 4 nitrogen and oxygen atoms in total. The van der Waals surface area contributed by atoms with Crippen molar-refractivity contribution < 1.29 is 0 Å². The topological polar surface area (TPSA) is 47.1 Å². The Kier molecular flexibility index (Phi) is 3.04. The lowest BCUT2D eigenvalue weighted by Crippen LogP contribution is -2.53. The maximum Gasteiger partial charge on any atom is 0.122 e. The van der Waals surface area contributed by atoms with Crippen LogP contribution in [0, 0.1) is 5.41 Å². The third-order valence-corrected chi connectivity index (χ3v) is 4.19. The quantitative estimate of drug-likeness (QED) is 0.864. The van der Waals surface area contributed by atoms with Crippen molar-refractivity contribution in [3.8, 4) is 0 Å². The minimum absolute atomic E-state index is 0.0990. The van der Waals surface area contributed by atoms with Gasteiger partial charge in [-0.05, 0) is 19.3 Å². The molecule has 2 heterocycles. The van der Waals surface area contributed by atoms with Crippen LogP contribution in [0.5, 0.6) is 0 Å². The summed E-state index contributed by atoms with van der Waals surface area (Å²) in [6.45, 7) is 12.8. The van der Waals surface area contributed by atoms with Gasteiger partial charge in [0.1, 0.15) is 5.82 Å². The van der Waals surface area contributed by atoms with Gasteiger partial charge in [0, 0.05) is 37.6 Å². The van der Waals surface area contributed by atoms with Gasteiger partial charge in [0.15, 0.2) is 0 Å². The molecule has 0 saturated carbocycles. The molecule has 0 spiro atoms. The molecular formula is C13H24N4. The summed E-state index contributed by atoms with van der Waals surface area (Å²) >= 11 is 0. The van der Waals surface area contributed by atoms with Gasteiger partial charge in [-0.2, -0.15) is 0 Å². The fraction of sp³-hybridized carbons (Fsp3) is 0.769. The van der Waals surface area contributed by atoms with E-state index >= 15 is 0 Å². The van der Waals surface area contributed by atoms with Crippen molar-refractivity contribution in [1.29, 1.82) is 0 Å². The van der Waals surface area contributed by atoms with Crippen molar-refractivity contribution in [2.45, 2.75) is 46.3 Å². The number of aromatic nitrogens is 2. The van der Waals surface area contributed by atoms with Gasteiger partial charge in [0.05, 0.1) is 6.54 Å². The first-order valence-corrected chi connectivity index (χ1v) is 6.31. The van der Waals surface area contributed by atoms with E-state index < -0.39 is 0 Å². The van der Waals surface area contributed by atoms with Crippen LogP contribution >= 0.6 is 0 Å². The van der Waals surface area contributed by atoms with Gasteiger partial charge < -0.3 is 10.3 Å². The molecule has 2 N–H and O–H groups in total. The molecule has 0 aliphatic carbocycles. The Bertz CT molecular complexity index is 386. The van der Waals surface area contributed by atoms with E-state index in [4.69, 9.17) is 5.73 Å². The van der Waals surface area contributed by atoms with E-state index in [9.17, 15) is 0 Å². The zero-order valence-electron chi connectivity index (χ0n) is 11.4. The molecule has 0 radical (unpaired) electrons. The number of hydrogen-bond donors (Lipinski definition) is 1. The van der Waals surface area contributed by atoms with Gasteiger partial charge in [-0.15, -0.1) is 0 Å². The maximum atomic E-state index is 6.26. The van der Waals surface area contributed by atoms with Gasteiger partial charge in [-0.1, -0.05) is 13.8 Å². The standard InChI is InChI=1S/C13H24N4/c1-12(2,13(3,4)14)10-16-7-8-17-6-5-15-11(17)9-16/h5-6H,7-10,14H2,1-4H3. The molecule has 0 aromatic carbocycles. The van der Waals surface area contributed by atoms with Gasteiger partial charge in [0.25, 0.3) is 0 Å². The Balaban J connectivity index is 2.03. The van der Waals surface area contributed by atoms with Crippen LogP contribution in [0.1, 0.15) is 33.5 Å². The monoisotopic (exact) mass is 236 g/mol. The zero-order valence-corrected chi connectivity index (χ0v) is 11.4. The van der Waals surface area contributed by atoms with Gasteiger partial charge >= 0.3 is 0 Å². The van der Waals surface area contributed by atoms with Gasteiger partial charge in [0.2, 0.25) is 0 Å². The molecule has 0 bridgehead atoms. The van der Waals surface area contributed by atoms with Crippen LogP contribution in [0.2, 0.25) is 0 Å². The lowest BCUT2D eigenvalue weighted by molar-refractivity contribution is 0.0934. The smallest absolute Gasteiger partial charge is 0.122 e. The summed E-state index contributed by atoms with van der Waals surface area (Å²) in [4.78, 5) is 6.84. The zero-order chi connectivity index (χ0) is 12.7. The number of nitrogens with two attached hydrogens (primary N) is 1. The summed E-state index contributed by atoms with van der Waals surface area (Å²) in [5, 5.41) is 0. The minimum atomic E-state index is -0.167. The van der Waals surface area contributed by atoms with Crippen molar-refractivity contribution in [1.82, 2.24) is 14.5 Å². The molecule has 4 heteroatoms. The van der Waals surface area contributed by atoms with E-state index in [-0.39, 0.29) is 11.0 Å². The third-order valence-electron chi connectivity index (χ3n) is 4.19. The normalized spacial score (nSPS) is 18.2. The van der Waals surface area contributed by atoms with Gasteiger partial charge in [-0.25, -0.2) is 4.98 Å². The van der Waals surface area contributed by atoms with Crippen LogP contribution in [-0.2, 0) is 13.1 Å². The van der Waals surface area contributed by atoms with Gasteiger partial charge in [-0.3, -0.25) is 4.90 Å². The Morgan fingerprint density at radius 3 is 2.65 bits per heavy atom. The van der Waals surface area contributed by atoms with Crippen molar-refractivity contribution in [2.75, 3.05) is 13.1 Å². The second-order valence-corrected chi connectivity index (χ2v) is 6.35. The molecule has 2 rings (SSSR count). The molecule has 1 aliphatic heterocycles. The van der Waals surface area contributed by atoms with Crippen LogP contribution in [0.15, 0.2) is 12.4 Å².